The Bertz CT molecular complexity index is 836. The third-order valence-corrected chi connectivity index (χ3v) is 3.53. The van der Waals surface area contributed by atoms with Crippen molar-refractivity contribution < 1.29 is 4.79 Å². The lowest BCUT2D eigenvalue weighted by molar-refractivity contribution is 0.0995. The first-order valence-corrected chi connectivity index (χ1v) is 7.07. The number of hydrogen-bond donors (Lipinski definition) is 1. The first kappa shape index (κ1) is 14.3. The number of hydrogen-bond acceptors (Lipinski definition) is 3. The Hall–Kier alpha value is -2.66. The van der Waals surface area contributed by atoms with Crippen LogP contribution in [0.25, 0.3) is 16.6 Å². The van der Waals surface area contributed by atoms with E-state index in [4.69, 9.17) is 5.73 Å². The summed E-state index contributed by atoms with van der Waals surface area (Å²) < 4.78 is 1.66. The van der Waals surface area contributed by atoms with Crippen LogP contribution in [0.1, 0.15) is 16.1 Å². The minimum Gasteiger partial charge on any atom is -0.364 e. The van der Waals surface area contributed by atoms with Crippen molar-refractivity contribution in [2.75, 3.05) is 14.1 Å². The topological polar surface area (TPSA) is 63.6 Å². The van der Waals surface area contributed by atoms with Crippen LogP contribution in [0.15, 0.2) is 48.7 Å². The molecule has 0 aliphatic rings. The van der Waals surface area contributed by atoms with Gasteiger partial charge in [-0.15, -0.1) is 0 Å². The zero-order valence-corrected chi connectivity index (χ0v) is 12.7. The van der Waals surface area contributed by atoms with Gasteiger partial charge < -0.3 is 10.6 Å². The number of carbonyl (C=O) groups is 1. The summed E-state index contributed by atoms with van der Waals surface area (Å²) in [6, 6.07) is 14.0. The molecule has 2 aromatic heterocycles. The molecule has 5 nitrogen and oxygen atoms in total. The molecular formula is C17H18N4O. The van der Waals surface area contributed by atoms with Crippen molar-refractivity contribution in [2.45, 2.75) is 6.54 Å². The summed E-state index contributed by atoms with van der Waals surface area (Å²) in [5.74, 6) is -0.516. The molecule has 0 radical (unpaired) electrons. The van der Waals surface area contributed by atoms with Gasteiger partial charge in [-0.05, 0) is 49.0 Å². The monoisotopic (exact) mass is 294 g/mol. The van der Waals surface area contributed by atoms with Gasteiger partial charge in [0, 0.05) is 12.7 Å². The SMILES string of the molecule is CN(C)Cc1ccccc1-c1ccn2nc(C(N)=O)cc2c1. The van der Waals surface area contributed by atoms with E-state index < -0.39 is 5.91 Å². The van der Waals surface area contributed by atoms with E-state index in [0.29, 0.717) is 0 Å². The second kappa shape index (κ2) is 5.61. The summed E-state index contributed by atoms with van der Waals surface area (Å²) in [5, 5.41) is 4.15. The van der Waals surface area contributed by atoms with Crippen molar-refractivity contribution in [1.29, 1.82) is 0 Å². The summed E-state index contributed by atoms with van der Waals surface area (Å²) in [5.41, 5.74) is 9.95. The van der Waals surface area contributed by atoms with E-state index in [1.54, 1.807) is 10.6 Å². The first-order valence-electron chi connectivity index (χ1n) is 7.07. The second-order valence-corrected chi connectivity index (χ2v) is 5.57. The molecule has 0 unspecified atom stereocenters. The molecule has 5 heteroatoms. The van der Waals surface area contributed by atoms with E-state index >= 15 is 0 Å². The minimum absolute atomic E-state index is 0.277. The van der Waals surface area contributed by atoms with Gasteiger partial charge in [0.1, 0.15) is 0 Å². The van der Waals surface area contributed by atoms with E-state index in [1.807, 2.05) is 30.5 Å². The molecule has 0 saturated carbocycles. The van der Waals surface area contributed by atoms with Crippen LogP contribution in [0.4, 0.5) is 0 Å². The Balaban J connectivity index is 2.08. The van der Waals surface area contributed by atoms with Gasteiger partial charge in [0.15, 0.2) is 5.69 Å². The van der Waals surface area contributed by atoms with Crippen molar-refractivity contribution in [3.8, 4) is 11.1 Å². The number of benzene rings is 1. The molecule has 1 aromatic carbocycles. The molecule has 2 N–H and O–H groups in total. The third kappa shape index (κ3) is 2.71. The zero-order chi connectivity index (χ0) is 15.7. The quantitative estimate of drug-likeness (QED) is 0.802. The summed E-state index contributed by atoms with van der Waals surface area (Å²) in [4.78, 5) is 13.4. The fourth-order valence-electron chi connectivity index (χ4n) is 2.56. The van der Waals surface area contributed by atoms with E-state index in [2.05, 4.69) is 36.2 Å². The van der Waals surface area contributed by atoms with E-state index in [1.165, 1.54) is 11.1 Å². The Labute approximate surface area is 129 Å². The van der Waals surface area contributed by atoms with Crippen LogP contribution < -0.4 is 5.73 Å². The molecule has 0 spiro atoms. The van der Waals surface area contributed by atoms with Crippen LogP contribution in [-0.2, 0) is 6.54 Å². The Morgan fingerprint density at radius 2 is 2.00 bits per heavy atom. The number of carbonyl (C=O) groups excluding carboxylic acids is 1. The molecule has 2 heterocycles. The number of aromatic nitrogens is 2. The van der Waals surface area contributed by atoms with Crippen LogP contribution in [0.5, 0.6) is 0 Å². The summed E-state index contributed by atoms with van der Waals surface area (Å²) in [7, 11) is 4.10. The van der Waals surface area contributed by atoms with Crippen molar-refractivity contribution in [1.82, 2.24) is 14.5 Å². The molecule has 3 rings (SSSR count). The van der Waals surface area contributed by atoms with E-state index in [0.717, 1.165) is 17.6 Å². The highest BCUT2D eigenvalue weighted by Gasteiger charge is 2.10. The Morgan fingerprint density at radius 1 is 1.23 bits per heavy atom. The molecule has 0 aliphatic heterocycles. The smallest absolute Gasteiger partial charge is 0.269 e. The highest BCUT2D eigenvalue weighted by molar-refractivity contribution is 5.92. The van der Waals surface area contributed by atoms with Crippen molar-refractivity contribution in [2.24, 2.45) is 5.73 Å². The maximum atomic E-state index is 11.2. The van der Waals surface area contributed by atoms with Crippen LogP contribution in [0, 0.1) is 0 Å². The zero-order valence-electron chi connectivity index (χ0n) is 12.7. The maximum absolute atomic E-state index is 11.2. The van der Waals surface area contributed by atoms with Crippen LogP contribution in [-0.4, -0.2) is 34.5 Å². The molecule has 0 fully saturated rings. The Morgan fingerprint density at radius 3 is 2.73 bits per heavy atom. The van der Waals surface area contributed by atoms with Gasteiger partial charge in [-0.25, -0.2) is 4.52 Å². The van der Waals surface area contributed by atoms with Crippen molar-refractivity contribution >= 4 is 11.4 Å². The van der Waals surface area contributed by atoms with Crippen LogP contribution >= 0.6 is 0 Å². The molecule has 22 heavy (non-hydrogen) atoms. The largest absolute Gasteiger partial charge is 0.364 e. The first-order chi connectivity index (χ1) is 10.5. The third-order valence-electron chi connectivity index (χ3n) is 3.53. The summed E-state index contributed by atoms with van der Waals surface area (Å²) in [6.45, 7) is 0.868. The molecule has 112 valence electrons. The predicted octanol–water partition coefficient (Wildman–Crippen LogP) is 2.16. The van der Waals surface area contributed by atoms with Gasteiger partial charge in [-0.2, -0.15) is 5.10 Å². The maximum Gasteiger partial charge on any atom is 0.269 e. The number of rotatable bonds is 4. The fraction of sp³-hybridized carbons (Fsp3) is 0.176. The number of fused-ring (bicyclic) bond motifs is 1. The number of pyridine rings is 1. The van der Waals surface area contributed by atoms with Gasteiger partial charge >= 0.3 is 0 Å². The molecule has 0 bridgehead atoms. The number of nitrogens with two attached hydrogens (primary N) is 1. The minimum atomic E-state index is -0.516. The van der Waals surface area contributed by atoms with Gasteiger partial charge in [-0.1, -0.05) is 24.3 Å². The molecule has 0 atom stereocenters. The average Bonchev–Trinajstić information content (AvgIpc) is 2.90. The van der Waals surface area contributed by atoms with Gasteiger partial charge in [-0.3, -0.25) is 4.79 Å². The van der Waals surface area contributed by atoms with Crippen molar-refractivity contribution in [3.63, 3.8) is 0 Å². The summed E-state index contributed by atoms with van der Waals surface area (Å²) in [6.07, 6.45) is 1.85. The van der Waals surface area contributed by atoms with E-state index in [-0.39, 0.29) is 5.69 Å². The summed E-state index contributed by atoms with van der Waals surface area (Å²) >= 11 is 0. The van der Waals surface area contributed by atoms with Crippen LogP contribution in [0.2, 0.25) is 0 Å². The number of amides is 1. The lowest BCUT2D eigenvalue weighted by Crippen LogP contribution is -2.11. The van der Waals surface area contributed by atoms with Crippen LogP contribution in [0.3, 0.4) is 0 Å². The highest BCUT2D eigenvalue weighted by Crippen LogP contribution is 2.25. The highest BCUT2D eigenvalue weighted by atomic mass is 16.1. The Kier molecular flexibility index (Phi) is 3.65. The predicted molar refractivity (Wildman–Crippen MR) is 86.5 cm³/mol. The normalized spacial score (nSPS) is 11.2. The average molecular weight is 294 g/mol. The molecule has 3 aromatic rings. The lowest BCUT2D eigenvalue weighted by atomic mass is 10.00. The molecule has 0 saturated heterocycles. The molecule has 1 amide bonds. The second-order valence-electron chi connectivity index (χ2n) is 5.57. The van der Waals surface area contributed by atoms with E-state index in [9.17, 15) is 4.79 Å². The molecule has 0 aliphatic carbocycles. The van der Waals surface area contributed by atoms with Crippen molar-refractivity contribution in [3.05, 3.63) is 59.9 Å². The fourth-order valence-corrected chi connectivity index (χ4v) is 2.56. The molecular weight excluding hydrogens is 276 g/mol. The van der Waals surface area contributed by atoms with Gasteiger partial charge in [0.2, 0.25) is 0 Å². The lowest BCUT2D eigenvalue weighted by Gasteiger charge is -2.14. The number of primary amides is 1. The number of nitrogens with zero attached hydrogens (tertiary/aromatic N) is 3. The van der Waals surface area contributed by atoms with Gasteiger partial charge in [0.05, 0.1) is 5.52 Å². The van der Waals surface area contributed by atoms with Gasteiger partial charge in [0.25, 0.3) is 5.91 Å². The standard InChI is InChI=1S/C17H18N4O/c1-20(2)11-13-5-3-4-6-15(13)12-7-8-21-14(9-12)10-16(19-21)17(18)22/h3-10H,11H2,1-2H3,(H2,18,22).